The van der Waals surface area contributed by atoms with Gasteiger partial charge in [0.15, 0.2) is 5.65 Å². The van der Waals surface area contributed by atoms with Gasteiger partial charge < -0.3 is 18.7 Å². The van der Waals surface area contributed by atoms with Gasteiger partial charge >= 0.3 is 5.63 Å². The fourth-order valence-electron chi connectivity index (χ4n) is 2.96. The number of fused-ring (bicyclic) bond motifs is 2. The average molecular weight is 351 g/mol. The molecule has 1 aromatic carbocycles. The third-order valence-electron chi connectivity index (χ3n) is 4.07. The second kappa shape index (κ2) is 6.27. The van der Waals surface area contributed by atoms with E-state index in [-0.39, 0.29) is 13.2 Å². The number of aliphatic hydroxyl groups is 1. The molecular weight excluding hydrogens is 334 g/mol. The summed E-state index contributed by atoms with van der Waals surface area (Å²) in [5.41, 5.74) is 3.26. The first-order valence-corrected chi connectivity index (χ1v) is 8.20. The van der Waals surface area contributed by atoms with Gasteiger partial charge in [0.25, 0.3) is 0 Å². The second-order valence-electron chi connectivity index (χ2n) is 6.04. The highest BCUT2D eigenvalue weighted by atomic mass is 16.5. The van der Waals surface area contributed by atoms with Gasteiger partial charge in [-0.2, -0.15) is 0 Å². The van der Waals surface area contributed by atoms with E-state index in [9.17, 15) is 4.79 Å². The van der Waals surface area contributed by atoms with Gasteiger partial charge in [-0.1, -0.05) is 0 Å². The van der Waals surface area contributed by atoms with Crippen LogP contribution in [0.3, 0.4) is 0 Å². The van der Waals surface area contributed by atoms with Crippen molar-refractivity contribution < 1.29 is 14.3 Å². The number of nitrogens with zero attached hydrogens (tertiary/aromatic N) is 3. The van der Waals surface area contributed by atoms with Crippen LogP contribution in [0.2, 0.25) is 0 Å². The molecule has 0 fully saturated rings. The van der Waals surface area contributed by atoms with Gasteiger partial charge in [-0.3, -0.25) is 4.98 Å². The molecule has 4 rings (SSSR count). The van der Waals surface area contributed by atoms with Crippen LogP contribution in [0.1, 0.15) is 11.4 Å². The van der Waals surface area contributed by atoms with Crippen LogP contribution in [0.15, 0.2) is 45.9 Å². The highest BCUT2D eigenvalue weighted by Gasteiger charge is 2.13. The number of benzene rings is 1. The van der Waals surface area contributed by atoms with Crippen molar-refractivity contribution in [2.24, 2.45) is 0 Å². The molecule has 7 heteroatoms. The first-order chi connectivity index (χ1) is 12.5. The molecule has 0 unspecified atom stereocenters. The lowest BCUT2D eigenvalue weighted by molar-refractivity contribution is 0.201. The van der Waals surface area contributed by atoms with Crippen molar-refractivity contribution in [2.45, 2.75) is 13.8 Å². The highest BCUT2D eigenvalue weighted by Crippen LogP contribution is 2.24. The quantitative estimate of drug-likeness (QED) is 0.568. The molecule has 3 aromatic heterocycles. The molecule has 3 heterocycles. The summed E-state index contributed by atoms with van der Waals surface area (Å²) in [5, 5.41) is 9.60. The lowest BCUT2D eigenvalue weighted by Gasteiger charge is -2.05. The average Bonchev–Trinajstić information content (AvgIpc) is 3.03. The first-order valence-electron chi connectivity index (χ1n) is 8.20. The third kappa shape index (κ3) is 2.82. The summed E-state index contributed by atoms with van der Waals surface area (Å²) in [4.78, 5) is 21.4. The predicted octanol–water partition coefficient (Wildman–Crippen LogP) is 2.49. The van der Waals surface area contributed by atoms with Crippen LogP contribution < -0.4 is 10.4 Å². The number of aromatic nitrogens is 3. The Morgan fingerprint density at radius 2 is 2.04 bits per heavy atom. The van der Waals surface area contributed by atoms with Crippen LogP contribution in [0.4, 0.5) is 0 Å². The number of rotatable bonds is 4. The fourth-order valence-corrected chi connectivity index (χ4v) is 2.96. The van der Waals surface area contributed by atoms with Crippen LogP contribution in [-0.4, -0.2) is 32.7 Å². The number of aryl methyl sites for hydroxylation is 2. The van der Waals surface area contributed by atoms with E-state index in [2.05, 4.69) is 9.97 Å². The summed E-state index contributed by atoms with van der Waals surface area (Å²) >= 11 is 0. The predicted molar refractivity (Wildman–Crippen MR) is 96.5 cm³/mol. The van der Waals surface area contributed by atoms with Gasteiger partial charge in [0, 0.05) is 23.8 Å². The second-order valence-corrected chi connectivity index (χ2v) is 6.04. The van der Waals surface area contributed by atoms with Crippen molar-refractivity contribution in [1.29, 1.82) is 0 Å². The van der Waals surface area contributed by atoms with Gasteiger partial charge in [-0.15, -0.1) is 0 Å². The van der Waals surface area contributed by atoms with Crippen LogP contribution in [0.5, 0.6) is 5.75 Å². The van der Waals surface area contributed by atoms with Crippen LogP contribution in [0, 0.1) is 13.8 Å². The minimum atomic E-state index is -0.470. The zero-order valence-corrected chi connectivity index (χ0v) is 14.4. The SMILES string of the molecule is Cc1cn2cc(-c3cc4ccc(OCCO)cc4oc3=O)nc2c(C)n1. The minimum absolute atomic E-state index is 0.0808. The van der Waals surface area contributed by atoms with Gasteiger partial charge in [0.2, 0.25) is 0 Å². The molecule has 0 radical (unpaired) electrons. The molecule has 1 N–H and O–H groups in total. The molecule has 132 valence electrons. The monoisotopic (exact) mass is 351 g/mol. The van der Waals surface area contributed by atoms with E-state index >= 15 is 0 Å². The molecule has 0 saturated heterocycles. The molecule has 4 aromatic rings. The van der Waals surface area contributed by atoms with Crippen LogP contribution in [0.25, 0.3) is 27.9 Å². The summed E-state index contributed by atoms with van der Waals surface area (Å²) < 4.78 is 12.7. The summed E-state index contributed by atoms with van der Waals surface area (Å²) in [6.45, 7) is 3.90. The van der Waals surface area contributed by atoms with Gasteiger partial charge in [0.05, 0.1) is 29.3 Å². The molecule has 26 heavy (non-hydrogen) atoms. The smallest absolute Gasteiger partial charge is 0.345 e. The lowest BCUT2D eigenvalue weighted by Crippen LogP contribution is -2.04. The molecule has 0 bridgehead atoms. The van der Waals surface area contributed by atoms with Crippen molar-refractivity contribution in [3.63, 3.8) is 0 Å². The van der Waals surface area contributed by atoms with Crippen molar-refractivity contribution in [3.05, 3.63) is 58.5 Å². The Labute approximate surface area is 148 Å². The molecule has 0 aliphatic carbocycles. The Kier molecular flexibility index (Phi) is 3.93. The Bertz CT molecular complexity index is 1180. The fraction of sp³-hybridized carbons (Fsp3) is 0.211. The van der Waals surface area contributed by atoms with E-state index in [1.165, 1.54) is 0 Å². The van der Waals surface area contributed by atoms with Gasteiger partial charge in [-0.25, -0.2) is 9.78 Å². The van der Waals surface area contributed by atoms with Crippen molar-refractivity contribution >= 4 is 16.6 Å². The summed E-state index contributed by atoms with van der Waals surface area (Å²) in [7, 11) is 0. The third-order valence-corrected chi connectivity index (χ3v) is 4.07. The Hall–Kier alpha value is -3.19. The standard InChI is InChI=1S/C19H17N3O4/c1-11-9-22-10-16(21-18(22)12(2)20-11)15-7-13-3-4-14(25-6-5-23)8-17(13)26-19(15)24/h3-4,7-10,23H,5-6H2,1-2H3. The molecule has 7 nitrogen and oxygen atoms in total. The van der Waals surface area contributed by atoms with Crippen LogP contribution >= 0.6 is 0 Å². The van der Waals surface area contributed by atoms with Crippen LogP contribution in [-0.2, 0) is 0 Å². The molecular formula is C19H17N3O4. The normalized spacial score (nSPS) is 11.3. The maximum Gasteiger partial charge on any atom is 0.345 e. The van der Waals surface area contributed by atoms with Crippen molar-refractivity contribution in [2.75, 3.05) is 13.2 Å². The Balaban J connectivity index is 1.83. The molecule has 0 amide bonds. The Morgan fingerprint density at radius 1 is 1.19 bits per heavy atom. The molecule has 0 aliphatic heterocycles. The molecule has 0 saturated carbocycles. The maximum absolute atomic E-state index is 12.5. The number of ether oxygens (including phenoxy) is 1. The van der Waals surface area contributed by atoms with E-state index < -0.39 is 5.63 Å². The summed E-state index contributed by atoms with van der Waals surface area (Å²) in [5.74, 6) is 0.535. The first kappa shape index (κ1) is 16.3. The summed E-state index contributed by atoms with van der Waals surface area (Å²) in [6, 6.07) is 6.97. The summed E-state index contributed by atoms with van der Waals surface area (Å²) in [6.07, 6.45) is 3.67. The van der Waals surface area contributed by atoms with Crippen molar-refractivity contribution in [1.82, 2.24) is 14.4 Å². The number of hydrogen-bond donors (Lipinski definition) is 1. The number of aliphatic hydroxyl groups excluding tert-OH is 1. The van der Waals surface area contributed by atoms with E-state index in [0.717, 1.165) is 16.8 Å². The highest BCUT2D eigenvalue weighted by molar-refractivity contribution is 5.82. The van der Waals surface area contributed by atoms with E-state index in [4.69, 9.17) is 14.3 Å². The Morgan fingerprint density at radius 3 is 2.85 bits per heavy atom. The van der Waals surface area contributed by atoms with E-state index in [0.29, 0.717) is 28.2 Å². The molecule has 0 aliphatic rings. The number of imidazole rings is 1. The lowest BCUT2D eigenvalue weighted by atomic mass is 10.1. The molecule has 0 atom stereocenters. The maximum atomic E-state index is 12.5. The zero-order valence-electron chi connectivity index (χ0n) is 14.4. The molecule has 0 spiro atoms. The van der Waals surface area contributed by atoms with E-state index in [1.807, 2.05) is 24.4 Å². The van der Waals surface area contributed by atoms with Gasteiger partial charge in [0.1, 0.15) is 17.9 Å². The van der Waals surface area contributed by atoms with Crippen molar-refractivity contribution in [3.8, 4) is 17.0 Å². The largest absolute Gasteiger partial charge is 0.491 e. The van der Waals surface area contributed by atoms with E-state index in [1.54, 1.807) is 30.5 Å². The minimum Gasteiger partial charge on any atom is -0.491 e. The van der Waals surface area contributed by atoms with Gasteiger partial charge in [-0.05, 0) is 32.0 Å². The zero-order chi connectivity index (χ0) is 18.3. The number of hydrogen-bond acceptors (Lipinski definition) is 6. The topological polar surface area (TPSA) is 89.9 Å².